The Morgan fingerprint density at radius 3 is 2.79 bits per heavy atom. The molecule has 1 heterocycles. The summed E-state index contributed by atoms with van der Waals surface area (Å²) in [6, 6.07) is 12.2. The van der Waals surface area contributed by atoms with Crippen molar-refractivity contribution in [3.8, 4) is 5.75 Å². The number of hydrogen-bond acceptors (Lipinski definition) is 5. The van der Waals surface area contributed by atoms with E-state index in [-0.39, 0.29) is 18.9 Å². The van der Waals surface area contributed by atoms with Gasteiger partial charge in [-0.15, -0.1) is 0 Å². The van der Waals surface area contributed by atoms with E-state index in [1.54, 1.807) is 49.6 Å². The fraction of sp³-hybridized carbons (Fsp3) is 0.286. The summed E-state index contributed by atoms with van der Waals surface area (Å²) in [5, 5.41) is 3.15. The highest BCUT2D eigenvalue weighted by Gasteiger charge is 2.36. The lowest BCUT2D eigenvalue weighted by atomic mass is 10.1. The van der Waals surface area contributed by atoms with Crippen molar-refractivity contribution >= 4 is 40.8 Å². The second-order valence-corrected chi connectivity index (χ2v) is 7.16. The summed E-state index contributed by atoms with van der Waals surface area (Å²) < 4.78 is 10.3. The molecule has 1 fully saturated rings. The van der Waals surface area contributed by atoms with Gasteiger partial charge in [0, 0.05) is 35.4 Å². The average Bonchev–Trinajstić information content (AvgIpc) is 3.10. The van der Waals surface area contributed by atoms with Crippen LogP contribution in [0.3, 0.4) is 0 Å². The highest BCUT2D eigenvalue weighted by atomic mass is 35.5. The van der Waals surface area contributed by atoms with E-state index in [4.69, 9.17) is 21.1 Å². The van der Waals surface area contributed by atoms with Gasteiger partial charge in [0.2, 0.25) is 5.91 Å². The molecule has 0 bridgehead atoms. The normalized spacial score (nSPS) is 15.9. The molecule has 152 valence electrons. The third kappa shape index (κ3) is 5.06. The van der Waals surface area contributed by atoms with Crippen LogP contribution in [-0.4, -0.2) is 38.0 Å². The molecule has 1 aliphatic rings. The predicted octanol–water partition coefficient (Wildman–Crippen LogP) is 3.19. The zero-order valence-electron chi connectivity index (χ0n) is 16.1. The van der Waals surface area contributed by atoms with Gasteiger partial charge in [-0.25, -0.2) is 0 Å². The minimum atomic E-state index is -0.630. The van der Waals surface area contributed by atoms with Crippen LogP contribution in [0.1, 0.15) is 12.0 Å². The van der Waals surface area contributed by atoms with Crippen molar-refractivity contribution in [1.82, 2.24) is 0 Å². The van der Waals surface area contributed by atoms with Crippen LogP contribution in [0.2, 0.25) is 5.02 Å². The fourth-order valence-corrected chi connectivity index (χ4v) is 3.24. The monoisotopic (exact) mass is 416 g/mol. The van der Waals surface area contributed by atoms with Gasteiger partial charge in [-0.2, -0.15) is 0 Å². The Hall–Kier alpha value is -3.06. The molecular formula is C21H21ClN2O5. The average molecular weight is 417 g/mol. The van der Waals surface area contributed by atoms with Gasteiger partial charge in [-0.05, 0) is 36.8 Å². The first-order chi connectivity index (χ1) is 13.9. The molecule has 2 aromatic carbocycles. The number of nitrogens with one attached hydrogen (secondary N) is 1. The van der Waals surface area contributed by atoms with Crippen LogP contribution in [0.4, 0.5) is 11.4 Å². The summed E-state index contributed by atoms with van der Waals surface area (Å²) in [5.41, 5.74) is 2.04. The number of anilines is 2. The van der Waals surface area contributed by atoms with Crippen molar-refractivity contribution in [3.05, 3.63) is 53.1 Å². The maximum Gasteiger partial charge on any atom is 0.311 e. The zero-order chi connectivity index (χ0) is 21.0. The van der Waals surface area contributed by atoms with Crippen molar-refractivity contribution in [1.29, 1.82) is 0 Å². The number of methoxy groups -OCH3 is 1. The standard InChI is InChI=1S/C21H21ClN2O5/c1-13-6-7-15(22)9-18(13)23-19(25)12-29-21(27)14-8-20(26)24(11-14)16-4-3-5-17(10-16)28-2/h3-7,9-10,14H,8,11-12H2,1-2H3,(H,23,25)/t14-/m1/s1. The van der Waals surface area contributed by atoms with Crippen LogP contribution in [0.25, 0.3) is 0 Å². The molecule has 0 aromatic heterocycles. The van der Waals surface area contributed by atoms with E-state index in [0.29, 0.717) is 22.1 Å². The third-order valence-electron chi connectivity index (χ3n) is 4.64. The number of amides is 2. The molecule has 3 rings (SSSR count). The van der Waals surface area contributed by atoms with Gasteiger partial charge in [0.1, 0.15) is 5.75 Å². The molecule has 1 aliphatic heterocycles. The van der Waals surface area contributed by atoms with Gasteiger partial charge in [-0.1, -0.05) is 23.7 Å². The summed E-state index contributed by atoms with van der Waals surface area (Å²) in [4.78, 5) is 38.3. The van der Waals surface area contributed by atoms with Crippen molar-refractivity contribution in [2.75, 3.05) is 30.5 Å². The number of aryl methyl sites for hydroxylation is 1. The highest BCUT2D eigenvalue weighted by Crippen LogP contribution is 2.28. The van der Waals surface area contributed by atoms with E-state index in [0.717, 1.165) is 5.56 Å². The smallest absolute Gasteiger partial charge is 0.311 e. The lowest BCUT2D eigenvalue weighted by Gasteiger charge is -2.17. The van der Waals surface area contributed by atoms with Crippen molar-refractivity contribution in [2.24, 2.45) is 5.92 Å². The van der Waals surface area contributed by atoms with E-state index < -0.39 is 24.4 Å². The molecule has 7 nitrogen and oxygen atoms in total. The minimum absolute atomic E-state index is 0.0328. The number of esters is 1. The molecule has 2 amide bonds. The van der Waals surface area contributed by atoms with Crippen molar-refractivity contribution in [3.63, 3.8) is 0 Å². The quantitative estimate of drug-likeness (QED) is 0.731. The Kier molecular flexibility index (Phi) is 6.39. The molecular weight excluding hydrogens is 396 g/mol. The van der Waals surface area contributed by atoms with E-state index in [1.165, 1.54) is 4.90 Å². The first-order valence-corrected chi connectivity index (χ1v) is 9.42. The van der Waals surface area contributed by atoms with E-state index in [2.05, 4.69) is 5.32 Å². The molecule has 1 saturated heterocycles. The molecule has 0 aliphatic carbocycles. The number of nitrogens with zero attached hydrogens (tertiary/aromatic N) is 1. The SMILES string of the molecule is COc1cccc(N2C[C@H](C(=O)OCC(=O)Nc3cc(Cl)ccc3C)CC2=O)c1. The Balaban J connectivity index is 1.55. The van der Waals surface area contributed by atoms with Crippen LogP contribution in [0.5, 0.6) is 5.75 Å². The number of carbonyl (C=O) groups excluding carboxylic acids is 3. The van der Waals surface area contributed by atoms with Crippen molar-refractivity contribution in [2.45, 2.75) is 13.3 Å². The molecule has 1 atom stereocenters. The van der Waals surface area contributed by atoms with Crippen LogP contribution < -0.4 is 15.0 Å². The van der Waals surface area contributed by atoms with E-state index in [9.17, 15) is 14.4 Å². The van der Waals surface area contributed by atoms with Crippen molar-refractivity contribution < 1.29 is 23.9 Å². The van der Waals surface area contributed by atoms with Crippen LogP contribution in [-0.2, 0) is 19.1 Å². The van der Waals surface area contributed by atoms with Gasteiger partial charge in [-0.3, -0.25) is 14.4 Å². The van der Waals surface area contributed by atoms with Gasteiger partial charge in [0.15, 0.2) is 6.61 Å². The second kappa shape index (κ2) is 8.96. The first-order valence-electron chi connectivity index (χ1n) is 9.04. The maximum atomic E-state index is 12.3. The number of carbonyl (C=O) groups is 3. The highest BCUT2D eigenvalue weighted by molar-refractivity contribution is 6.31. The second-order valence-electron chi connectivity index (χ2n) is 6.72. The zero-order valence-corrected chi connectivity index (χ0v) is 16.9. The Morgan fingerprint density at radius 1 is 1.24 bits per heavy atom. The van der Waals surface area contributed by atoms with Crippen LogP contribution in [0.15, 0.2) is 42.5 Å². The summed E-state index contributed by atoms with van der Waals surface area (Å²) in [6.45, 7) is 1.59. The summed E-state index contributed by atoms with van der Waals surface area (Å²) >= 11 is 5.93. The summed E-state index contributed by atoms with van der Waals surface area (Å²) in [5.74, 6) is -1.25. The molecule has 0 saturated carbocycles. The van der Waals surface area contributed by atoms with Gasteiger partial charge >= 0.3 is 5.97 Å². The number of halogens is 1. The summed E-state index contributed by atoms with van der Waals surface area (Å²) in [7, 11) is 1.54. The van der Waals surface area contributed by atoms with E-state index >= 15 is 0 Å². The Bertz CT molecular complexity index is 946. The third-order valence-corrected chi connectivity index (χ3v) is 4.88. The largest absolute Gasteiger partial charge is 0.497 e. The lowest BCUT2D eigenvalue weighted by molar-refractivity contribution is -0.151. The summed E-state index contributed by atoms with van der Waals surface area (Å²) in [6.07, 6.45) is 0.0328. The maximum absolute atomic E-state index is 12.3. The molecule has 8 heteroatoms. The predicted molar refractivity (Wildman–Crippen MR) is 109 cm³/mol. The van der Waals surface area contributed by atoms with Crippen LogP contribution >= 0.6 is 11.6 Å². The molecule has 0 radical (unpaired) electrons. The molecule has 2 aromatic rings. The fourth-order valence-electron chi connectivity index (χ4n) is 3.06. The molecule has 0 unspecified atom stereocenters. The number of benzene rings is 2. The number of rotatable bonds is 6. The van der Waals surface area contributed by atoms with E-state index in [1.807, 2.05) is 6.92 Å². The Labute approximate surface area is 173 Å². The van der Waals surface area contributed by atoms with Gasteiger partial charge in [0.25, 0.3) is 5.91 Å². The minimum Gasteiger partial charge on any atom is -0.497 e. The lowest BCUT2D eigenvalue weighted by Crippen LogP contribution is -2.28. The number of ether oxygens (including phenoxy) is 2. The molecule has 29 heavy (non-hydrogen) atoms. The van der Waals surface area contributed by atoms with Crippen LogP contribution in [0, 0.1) is 12.8 Å². The van der Waals surface area contributed by atoms with Gasteiger partial charge < -0.3 is 19.7 Å². The Morgan fingerprint density at radius 2 is 2.03 bits per heavy atom. The molecule has 1 N–H and O–H groups in total. The number of hydrogen-bond donors (Lipinski definition) is 1. The topological polar surface area (TPSA) is 84.9 Å². The van der Waals surface area contributed by atoms with Gasteiger partial charge in [0.05, 0.1) is 13.0 Å². The molecule has 0 spiro atoms. The first kappa shape index (κ1) is 20.7.